The topological polar surface area (TPSA) is 27.6 Å². The molecule has 1 heterocycles. The smallest absolute Gasteiger partial charge is 0.124 e. The highest BCUT2D eigenvalue weighted by atomic mass is 15.3. The molecule has 3 nitrogen and oxygen atoms in total. The van der Waals surface area contributed by atoms with E-state index in [2.05, 4.69) is 66.7 Å². The van der Waals surface area contributed by atoms with Crippen LogP contribution in [0.15, 0.2) is 47.6 Å². The molecule has 0 amide bonds. The van der Waals surface area contributed by atoms with Crippen molar-refractivity contribution in [3.05, 3.63) is 48.2 Å². The van der Waals surface area contributed by atoms with Crippen LogP contribution in [-0.4, -0.2) is 23.4 Å². The summed E-state index contributed by atoms with van der Waals surface area (Å²) in [4.78, 5) is 7.23. The van der Waals surface area contributed by atoms with E-state index in [1.54, 1.807) is 0 Å². The van der Waals surface area contributed by atoms with Gasteiger partial charge in [0.2, 0.25) is 0 Å². The second-order valence-electron chi connectivity index (χ2n) is 5.97. The molecule has 0 unspecified atom stereocenters. The maximum Gasteiger partial charge on any atom is 0.124 e. The van der Waals surface area contributed by atoms with Crippen molar-refractivity contribution in [3.8, 4) is 0 Å². The number of amidine groups is 1. The Hall–Kier alpha value is -1.77. The molecule has 1 aliphatic heterocycles. The van der Waals surface area contributed by atoms with Crippen LogP contribution in [0.5, 0.6) is 0 Å². The molecule has 1 aliphatic carbocycles. The van der Waals surface area contributed by atoms with Crippen LogP contribution in [0, 0.1) is 5.92 Å². The second-order valence-corrected chi connectivity index (χ2v) is 5.97. The Labute approximate surface area is 121 Å². The van der Waals surface area contributed by atoms with Gasteiger partial charge in [-0.3, -0.25) is 4.99 Å². The minimum Gasteiger partial charge on any atom is -0.358 e. The third-order valence-corrected chi connectivity index (χ3v) is 4.02. The number of nitrogens with zero attached hydrogens (tertiary/aromatic N) is 2. The summed E-state index contributed by atoms with van der Waals surface area (Å²) in [6.07, 6.45) is 6.85. The van der Waals surface area contributed by atoms with Crippen LogP contribution < -0.4 is 5.32 Å². The number of aliphatic imine (C=N–C) groups is 1. The normalized spacial score (nSPS) is 22.1. The molecule has 1 aromatic carbocycles. The van der Waals surface area contributed by atoms with Gasteiger partial charge < -0.3 is 10.2 Å². The van der Waals surface area contributed by atoms with Gasteiger partial charge in [-0.05, 0) is 44.2 Å². The monoisotopic (exact) mass is 269 g/mol. The largest absolute Gasteiger partial charge is 0.358 e. The zero-order valence-corrected chi connectivity index (χ0v) is 12.3. The number of hydrogen-bond acceptors (Lipinski definition) is 2. The van der Waals surface area contributed by atoms with E-state index in [9.17, 15) is 0 Å². The molecule has 1 aromatic rings. The SMILES string of the molecule is CC(C)N1C=CC(=N[C@H](c2ccccc2)C2CC2)NC1. The van der Waals surface area contributed by atoms with Crippen LogP contribution in [-0.2, 0) is 0 Å². The summed E-state index contributed by atoms with van der Waals surface area (Å²) in [5, 5.41) is 3.42. The maximum absolute atomic E-state index is 4.95. The van der Waals surface area contributed by atoms with Crippen molar-refractivity contribution in [2.75, 3.05) is 6.67 Å². The summed E-state index contributed by atoms with van der Waals surface area (Å²) in [5.41, 5.74) is 1.34. The first-order valence-electron chi connectivity index (χ1n) is 7.54. The molecule has 0 saturated heterocycles. The van der Waals surface area contributed by atoms with Gasteiger partial charge >= 0.3 is 0 Å². The van der Waals surface area contributed by atoms with E-state index in [0.29, 0.717) is 12.1 Å². The van der Waals surface area contributed by atoms with Gasteiger partial charge in [-0.1, -0.05) is 30.3 Å². The lowest BCUT2D eigenvalue weighted by Gasteiger charge is -2.29. The summed E-state index contributed by atoms with van der Waals surface area (Å²) >= 11 is 0. The Kier molecular flexibility index (Phi) is 3.77. The molecule has 0 aromatic heterocycles. The Balaban J connectivity index is 1.77. The molecule has 2 aliphatic rings. The zero-order chi connectivity index (χ0) is 13.9. The maximum atomic E-state index is 4.95. The minimum absolute atomic E-state index is 0.314. The van der Waals surface area contributed by atoms with E-state index in [0.717, 1.165) is 18.4 Å². The fraction of sp³-hybridized carbons (Fsp3) is 0.471. The predicted molar refractivity (Wildman–Crippen MR) is 83.5 cm³/mol. The van der Waals surface area contributed by atoms with Crippen molar-refractivity contribution < 1.29 is 0 Å². The van der Waals surface area contributed by atoms with Gasteiger partial charge in [0.25, 0.3) is 0 Å². The van der Waals surface area contributed by atoms with Gasteiger partial charge in [-0.25, -0.2) is 0 Å². The third kappa shape index (κ3) is 3.03. The molecule has 3 heteroatoms. The molecule has 3 rings (SSSR count). The number of nitrogens with one attached hydrogen (secondary N) is 1. The molecule has 20 heavy (non-hydrogen) atoms. The van der Waals surface area contributed by atoms with E-state index in [-0.39, 0.29) is 0 Å². The van der Waals surface area contributed by atoms with Gasteiger partial charge in [-0.2, -0.15) is 0 Å². The quantitative estimate of drug-likeness (QED) is 0.908. The average molecular weight is 269 g/mol. The average Bonchev–Trinajstić information content (AvgIpc) is 3.31. The van der Waals surface area contributed by atoms with Crippen LogP contribution in [0.1, 0.15) is 38.3 Å². The van der Waals surface area contributed by atoms with E-state index in [1.807, 2.05) is 0 Å². The molecule has 106 valence electrons. The van der Waals surface area contributed by atoms with Crippen molar-refractivity contribution in [2.24, 2.45) is 10.9 Å². The lowest BCUT2D eigenvalue weighted by atomic mass is 10.0. The van der Waals surface area contributed by atoms with E-state index in [4.69, 9.17) is 4.99 Å². The van der Waals surface area contributed by atoms with Gasteiger partial charge in [0.1, 0.15) is 5.84 Å². The Morgan fingerprint density at radius 1 is 1.20 bits per heavy atom. The summed E-state index contributed by atoms with van der Waals surface area (Å²) in [7, 11) is 0. The van der Waals surface area contributed by atoms with Gasteiger partial charge in [-0.15, -0.1) is 0 Å². The highest BCUT2D eigenvalue weighted by Gasteiger charge is 2.32. The summed E-state index contributed by atoms with van der Waals surface area (Å²) in [6, 6.07) is 11.5. The molecular weight excluding hydrogens is 246 g/mol. The van der Waals surface area contributed by atoms with Crippen molar-refractivity contribution in [2.45, 2.75) is 38.8 Å². The third-order valence-electron chi connectivity index (χ3n) is 4.02. The molecule has 0 spiro atoms. The van der Waals surface area contributed by atoms with E-state index >= 15 is 0 Å². The van der Waals surface area contributed by atoms with Crippen molar-refractivity contribution in [3.63, 3.8) is 0 Å². The van der Waals surface area contributed by atoms with Crippen LogP contribution in [0.25, 0.3) is 0 Å². The minimum atomic E-state index is 0.314. The zero-order valence-electron chi connectivity index (χ0n) is 12.3. The lowest BCUT2D eigenvalue weighted by molar-refractivity contribution is 0.300. The molecular formula is C17H23N3. The first-order valence-corrected chi connectivity index (χ1v) is 7.54. The van der Waals surface area contributed by atoms with Gasteiger partial charge in [0.05, 0.1) is 12.7 Å². The van der Waals surface area contributed by atoms with Gasteiger partial charge in [0, 0.05) is 12.2 Å². The summed E-state index contributed by atoms with van der Waals surface area (Å²) in [6.45, 7) is 5.25. The summed E-state index contributed by atoms with van der Waals surface area (Å²) < 4.78 is 0. The van der Waals surface area contributed by atoms with Crippen LogP contribution in [0.2, 0.25) is 0 Å². The number of benzene rings is 1. The fourth-order valence-corrected chi connectivity index (χ4v) is 2.56. The molecule has 1 saturated carbocycles. The van der Waals surface area contributed by atoms with Crippen molar-refractivity contribution in [1.82, 2.24) is 10.2 Å². The first kappa shape index (κ1) is 13.2. The predicted octanol–water partition coefficient (Wildman–Crippen LogP) is 3.32. The number of rotatable bonds is 4. The fourth-order valence-electron chi connectivity index (χ4n) is 2.56. The molecule has 0 bridgehead atoms. The van der Waals surface area contributed by atoms with E-state index in [1.165, 1.54) is 18.4 Å². The number of hydrogen-bond donors (Lipinski definition) is 1. The van der Waals surface area contributed by atoms with Crippen LogP contribution in [0.4, 0.5) is 0 Å². The Morgan fingerprint density at radius 2 is 1.95 bits per heavy atom. The molecule has 1 N–H and O–H groups in total. The Bertz CT molecular complexity index is 500. The molecule has 1 atom stereocenters. The standard InChI is InChI=1S/C17H23N3/c1-13(2)20-11-10-16(18-12-20)19-17(15-8-9-15)14-6-4-3-5-7-14/h3-7,10-11,13,15,17H,8-9,12H2,1-2H3,(H,18,19)/t17-/m1/s1. The highest BCUT2D eigenvalue weighted by molar-refractivity contribution is 5.93. The highest BCUT2D eigenvalue weighted by Crippen LogP contribution is 2.43. The summed E-state index contributed by atoms with van der Waals surface area (Å²) in [5.74, 6) is 1.74. The van der Waals surface area contributed by atoms with Crippen LogP contribution >= 0.6 is 0 Å². The van der Waals surface area contributed by atoms with Crippen molar-refractivity contribution in [1.29, 1.82) is 0 Å². The second kappa shape index (κ2) is 5.70. The van der Waals surface area contributed by atoms with Crippen LogP contribution in [0.3, 0.4) is 0 Å². The lowest BCUT2D eigenvalue weighted by Crippen LogP contribution is -2.41. The molecule has 0 radical (unpaired) electrons. The van der Waals surface area contributed by atoms with Crippen molar-refractivity contribution >= 4 is 5.84 Å². The molecule has 1 fully saturated rings. The van der Waals surface area contributed by atoms with Gasteiger partial charge in [0.15, 0.2) is 0 Å². The van der Waals surface area contributed by atoms with E-state index < -0.39 is 0 Å². The first-order chi connectivity index (χ1) is 9.74. The Morgan fingerprint density at radius 3 is 2.50 bits per heavy atom.